The van der Waals surface area contributed by atoms with Crippen molar-refractivity contribution in [3.63, 3.8) is 0 Å². The molecule has 67 heavy (non-hydrogen) atoms. The number of hydrogen-bond donors (Lipinski definition) is 0. The van der Waals surface area contributed by atoms with Crippen LogP contribution in [0.15, 0.2) is 203 Å². The average Bonchev–Trinajstić information content (AvgIpc) is 4.02. The van der Waals surface area contributed by atoms with Crippen molar-refractivity contribution in [1.29, 1.82) is 0 Å². The highest BCUT2D eigenvalue weighted by Gasteiger charge is 2.32. The van der Waals surface area contributed by atoms with E-state index in [1.165, 1.54) is 82.0 Å². The number of fused-ring (bicyclic) bond motifs is 17. The lowest BCUT2D eigenvalue weighted by Crippen LogP contribution is -2.04. The normalized spacial score (nSPS) is 14.1. The Morgan fingerprint density at radius 2 is 1.07 bits per heavy atom. The lowest BCUT2D eigenvalue weighted by molar-refractivity contribution is 0.667. The maximum Gasteiger partial charge on any atom is 0.136 e. The Morgan fingerprint density at radius 3 is 1.78 bits per heavy atom. The lowest BCUT2D eigenvalue weighted by Gasteiger charge is -2.22. The second-order valence-electron chi connectivity index (χ2n) is 18.1. The molecule has 10 aromatic carbocycles. The number of furan rings is 2. The Morgan fingerprint density at radius 1 is 0.493 bits per heavy atom. The van der Waals surface area contributed by atoms with Crippen molar-refractivity contribution in [2.75, 3.05) is 0 Å². The molecule has 0 bridgehead atoms. The molecule has 13 aromatic rings. The van der Waals surface area contributed by atoms with Gasteiger partial charge >= 0.3 is 0 Å². The number of benzene rings is 10. The van der Waals surface area contributed by atoms with E-state index in [9.17, 15) is 0 Å². The predicted molar refractivity (Wildman–Crippen MR) is 283 cm³/mol. The Kier molecular flexibility index (Phi) is 8.24. The number of hydrogen-bond acceptors (Lipinski definition) is 2. The van der Waals surface area contributed by atoms with Gasteiger partial charge in [0.05, 0.1) is 11.2 Å². The quantitative estimate of drug-likeness (QED) is 0.162. The Bertz CT molecular complexity index is 4230. The van der Waals surface area contributed by atoms with Crippen LogP contribution in [0.5, 0.6) is 0 Å². The van der Waals surface area contributed by atoms with E-state index in [1.807, 2.05) is 0 Å². The molecule has 1 atom stereocenters. The summed E-state index contributed by atoms with van der Waals surface area (Å²) in [6, 6.07) is 66.6. The van der Waals surface area contributed by atoms with Gasteiger partial charge in [0.1, 0.15) is 22.3 Å². The molecular weight excluding hydrogens is 815 g/mol. The van der Waals surface area contributed by atoms with Crippen LogP contribution in [0.4, 0.5) is 0 Å². The first-order chi connectivity index (χ1) is 33.2. The van der Waals surface area contributed by atoms with Gasteiger partial charge in [-0.25, -0.2) is 0 Å². The number of aryl methyl sites for hydroxylation is 1. The van der Waals surface area contributed by atoms with Crippen LogP contribution < -0.4 is 0 Å². The van der Waals surface area contributed by atoms with Crippen LogP contribution in [0.1, 0.15) is 47.2 Å². The number of para-hydroxylation sites is 2. The van der Waals surface area contributed by atoms with Crippen LogP contribution in [0, 0.1) is 0 Å². The van der Waals surface area contributed by atoms with Crippen LogP contribution in [0.25, 0.3) is 127 Å². The van der Waals surface area contributed by atoms with Crippen molar-refractivity contribution in [3.8, 4) is 27.9 Å². The molecule has 3 nitrogen and oxygen atoms in total. The van der Waals surface area contributed by atoms with Crippen molar-refractivity contribution in [2.45, 2.75) is 25.7 Å². The van der Waals surface area contributed by atoms with Crippen LogP contribution >= 0.6 is 0 Å². The van der Waals surface area contributed by atoms with E-state index < -0.39 is 0 Å². The number of nitrogens with zero attached hydrogens (tertiary/aromatic N) is 1. The number of aromatic nitrogens is 1. The van der Waals surface area contributed by atoms with Gasteiger partial charge in [-0.15, -0.1) is 0 Å². The van der Waals surface area contributed by atoms with Crippen molar-refractivity contribution in [1.82, 2.24) is 4.57 Å². The summed E-state index contributed by atoms with van der Waals surface area (Å²) in [5.74, 6) is 0.0733. The highest BCUT2D eigenvalue weighted by atomic mass is 16.3. The van der Waals surface area contributed by atoms with Gasteiger partial charge in [0, 0.05) is 44.1 Å². The maximum absolute atomic E-state index is 6.56. The molecule has 3 heteroatoms. The average molecular weight is 858 g/mol. The summed E-state index contributed by atoms with van der Waals surface area (Å²) in [5.41, 5.74) is 17.0. The minimum atomic E-state index is 0.0733. The monoisotopic (exact) mass is 857 g/mol. The molecule has 1 aliphatic carbocycles. The molecular formula is C64H43NO2. The zero-order chi connectivity index (χ0) is 44.3. The second-order valence-corrected chi connectivity index (χ2v) is 18.1. The zero-order valence-corrected chi connectivity index (χ0v) is 37.0. The number of allylic oxidation sites excluding steroid dienone is 1. The van der Waals surface area contributed by atoms with Crippen LogP contribution in [-0.2, 0) is 6.42 Å². The standard InChI is InChI=1S/C64H43NO2/c1-3-16-50-54(4-2)65(39-32-34-44-42-20-6-5-18-40(42)41-19-7-8-21-43(41)53(44)37-39)55-36-35-49-45(46-25-14-29-58-61(46)51-22-9-11-27-56(51)66-58)33-31-38-17-13-24-47(60(38)64(49)63(50)55)48-26-15-30-59-62(48)52-23-10-12-28-57(52)67-59/h3-30,32,34-37,45H,2,31,33H2,1H3/b16-3-. The lowest BCUT2D eigenvalue weighted by atomic mass is 9.81. The summed E-state index contributed by atoms with van der Waals surface area (Å²) >= 11 is 0. The fraction of sp³-hybridized carbons (Fsp3) is 0.0625. The summed E-state index contributed by atoms with van der Waals surface area (Å²) in [7, 11) is 0. The van der Waals surface area contributed by atoms with E-state index in [-0.39, 0.29) is 5.92 Å². The van der Waals surface area contributed by atoms with Gasteiger partial charge in [0.2, 0.25) is 0 Å². The van der Waals surface area contributed by atoms with Gasteiger partial charge in [-0.2, -0.15) is 0 Å². The van der Waals surface area contributed by atoms with Gasteiger partial charge in [0.15, 0.2) is 0 Å². The van der Waals surface area contributed by atoms with Crippen LogP contribution in [0.2, 0.25) is 0 Å². The molecule has 316 valence electrons. The minimum Gasteiger partial charge on any atom is -0.456 e. The Hall–Kier alpha value is -8.40. The Balaban J connectivity index is 1.12. The van der Waals surface area contributed by atoms with Crippen molar-refractivity contribution in [2.24, 2.45) is 0 Å². The van der Waals surface area contributed by atoms with Crippen LogP contribution in [0.3, 0.4) is 0 Å². The van der Waals surface area contributed by atoms with E-state index in [4.69, 9.17) is 8.83 Å². The highest BCUT2D eigenvalue weighted by Crippen LogP contribution is 2.53. The smallest absolute Gasteiger partial charge is 0.136 e. The van der Waals surface area contributed by atoms with E-state index >= 15 is 0 Å². The molecule has 1 unspecified atom stereocenters. The summed E-state index contributed by atoms with van der Waals surface area (Å²) in [5, 5.41) is 13.4. The second kappa shape index (κ2) is 14.6. The van der Waals surface area contributed by atoms with Gasteiger partial charge in [-0.05, 0) is 140 Å². The third-order valence-corrected chi connectivity index (χ3v) is 14.7. The maximum atomic E-state index is 6.56. The fourth-order valence-electron chi connectivity index (χ4n) is 12.1. The first-order valence-electron chi connectivity index (χ1n) is 23.4. The van der Waals surface area contributed by atoms with E-state index in [0.717, 1.165) is 73.8 Å². The zero-order valence-electron chi connectivity index (χ0n) is 37.0. The molecule has 0 saturated heterocycles. The van der Waals surface area contributed by atoms with E-state index in [2.05, 4.69) is 218 Å². The van der Waals surface area contributed by atoms with Gasteiger partial charge in [-0.3, -0.25) is 0 Å². The van der Waals surface area contributed by atoms with Gasteiger partial charge in [0.25, 0.3) is 0 Å². The first-order valence-corrected chi connectivity index (χ1v) is 23.4. The fourth-order valence-corrected chi connectivity index (χ4v) is 12.1. The van der Waals surface area contributed by atoms with Crippen LogP contribution in [-0.4, -0.2) is 4.57 Å². The number of rotatable bonds is 5. The third kappa shape index (κ3) is 5.40. The van der Waals surface area contributed by atoms with Gasteiger partial charge < -0.3 is 13.4 Å². The molecule has 0 spiro atoms. The molecule has 0 aliphatic heterocycles. The topological polar surface area (TPSA) is 31.2 Å². The first kappa shape index (κ1) is 37.9. The minimum absolute atomic E-state index is 0.0733. The molecule has 3 aromatic heterocycles. The Labute approximate surface area is 387 Å². The van der Waals surface area contributed by atoms with E-state index in [1.54, 1.807) is 0 Å². The SMILES string of the molecule is C=Cc1c(/C=C\C)c2c3c(ccc2n1-c1ccc2c4ccccc4c4ccccc4c2c1)C(c1cccc2oc4ccccc4c12)CCc1cccc(-c2cccc4oc5ccccc5c24)c1-3. The summed E-state index contributed by atoms with van der Waals surface area (Å²) < 4.78 is 15.6. The van der Waals surface area contributed by atoms with Gasteiger partial charge in [-0.1, -0.05) is 158 Å². The highest BCUT2D eigenvalue weighted by molar-refractivity contribution is 6.26. The molecule has 3 heterocycles. The summed E-state index contributed by atoms with van der Waals surface area (Å²) in [4.78, 5) is 0. The third-order valence-electron chi connectivity index (χ3n) is 14.7. The molecule has 0 N–H and O–H groups in total. The molecule has 0 amide bonds. The van der Waals surface area contributed by atoms with Crippen molar-refractivity contribution >= 4 is 99.2 Å². The molecule has 0 fully saturated rings. The van der Waals surface area contributed by atoms with Crippen molar-refractivity contribution < 1.29 is 8.83 Å². The largest absolute Gasteiger partial charge is 0.456 e. The molecule has 0 radical (unpaired) electrons. The molecule has 1 aliphatic rings. The van der Waals surface area contributed by atoms with Crippen molar-refractivity contribution in [3.05, 3.63) is 223 Å². The van der Waals surface area contributed by atoms with E-state index in [0.29, 0.717) is 0 Å². The summed E-state index contributed by atoms with van der Waals surface area (Å²) in [6.45, 7) is 6.68. The molecule has 14 rings (SSSR count). The predicted octanol–water partition coefficient (Wildman–Crippen LogP) is 18.0. The summed E-state index contributed by atoms with van der Waals surface area (Å²) in [6.07, 6.45) is 8.38. The molecule has 0 saturated carbocycles.